The molecule has 8 nitrogen and oxygen atoms in total. The van der Waals surface area contributed by atoms with Crippen LogP contribution in [-0.2, 0) is 14.4 Å². The van der Waals surface area contributed by atoms with Crippen molar-refractivity contribution >= 4 is 17.8 Å². The number of aliphatic carboxylic acids is 1. The Bertz CT molecular complexity index is 441. The molecule has 0 aromatic heterocycles. The molecule has 0 aliphatic carbocycles. The lowest BCUT2D eigenvalue weighted by Crippen LogP contribution is -2.59. The van der Waals surface area contributed by atoms with Crippen molar-refractivity contribution in [3.8, 4) is 0 Å². The Morgan fingerprint density at radius 3 is 1.75 bits per heavy atom. The summed E-state index contributed by atoms with van der Waals surface area (Å²) in [5.74, 6) is -2.85. The van der Waals surface area contributed by atoms with Crippen molar-refractivity contribution in [3.63, 3.8) is 0 Å². The molecule has 0 bridgehead atoms. The predicted octanol–water partition coefficient (Wildman–Crippen LogP) is -0.159. The van der Waals surface area contributed by atoms with Crippen molar-refractivity contribution in [2.75, 3.05) is 0 Å². The maximum atomic E-state index is 12.3. The summed E-state index contributed by atoms with van der Waals surface area (Å²) in [4.78, 5) is 35.8. The van der Waals surface area contributed by atoms with E-state index in [2.05, 4.69) is 10.6 Å². The third-order valence-corrected chi connectivity index (χ3v) is 4.40. The first kappa shape index (κ1) is 22.3. The average molecular weight is 345 g/mol. The number of carboxylic acid groups (broad SMARTS) is 1. The molecule has 0 saturated heterocycles. The summed E-state index contributed by atoms with van der Waals surface area (Å²) in [5.41, 5.74) is 5.82. The minimum atomic E-state index is -1.27. The number of hydrogen-bond donors (Lipinski definition) is 5. The lowest BCUT2D eigenvalue weighted by Gasteiger charge is -2.27. The zero-order valence-corrected chi connectivity index (χ0v) is 15.1. The van der Waals surface area contributed by atoms with Crippen LogP contribution in [0.3, 0.4) is 0 Å². The fourth-order valence-electron chi connectivity index (χ4n) is 2.09. The van der Waals surface area contributed by atoms with Gasteiger partial charge in [-0.1, -0.05) is 40.5 Å². The van der Waals surface area contributed by atoms with Gasteiger partial charge in [-0.15, -0.1) is 0 Å². The van der Waals surface area contributed by atoms with E-state index in [1.807, 2.05) is 20.8 Å². The zero-order valence-electron chi connectivity index (χ0n) is 15.1. The van der Waals surface area contributed by atoms with Crippen molar-refractivity contribution in [2.45, 2.75) is 71.7 Å². The molecule has 0 rings (SSSR count). The molecule has 8 heteroatoms. The van der Waals surface area contributed by atoms with Crippen LogP contribution in [0.1, 0.15) is 47.5 Å². The molecule has 0 aliphatic rings. The Hall–Kier alpha value is -1.67. The molecular formula is C16H31N3O5. The standard InChI is InChI=1S/C16H31N3O5/c1-6-8(3)11(17)14(21)19-13(10(5)20)15(22)18-12(16(23)24)9(4)7-2/h8-13,20H,6-7,17H2,1-5H3,(H,18,22)(H,19,21)(H,23,24)/t8-,9-,10+,11-,12-,13-/m0/s1. The third-order valence-electron chi connectivity index (χ3n) is 4.40. The second-order valence-corrected chi connectivity index (χ2v) is 6.35. The van der Waals surface area contributed by atoms with Gasteiger partial charge in [-0.05, 0) is 18.8 Å². The van der Waals surface area contributed by atoms with E-state index < -0.39 is 42.0 Å². The second-order valence-electron chi connectivity index (χ2n) is 6.35. The van der Waals surface area contributed by atoms with Crippen LogP contribution in [0.15, 0.2) is 0 Å². The van der Waals surface area contributed by atoms with Crippen LogP contribution >= 0.6 is 0 Å². The zero-order chi connectivity index (χ0) is 19.0. The van der Waals surface area contributed by atoms with Gasteiger partial charge in [0.05, 0.1) is 12.1 Å². The molecule has 0 unspecified atom stereocenters. The van der Waals surface area contributed by atoms with Crippen LogP contribution in [0.25, 0.3) is 0 Å². The fraction of sp³-hybridized carbons (Fsp3) is 0.812. The minimum absolute atomic E-state index is 0.0883. The lowest BCUT2D eigenvalue weighted by molar-refractivity contribution is -0.144. The van der Waals surface area contributed by atoms with Crippen LogP contribution in [0.4, 0.5) is 0 Å². The molecule has 0 radical (unpaired) electrons. The van der Waals surface area contributed by atoms with Crippen molar-refractivity contribution in [1.29, 1.82) is 0 Å². The highest BCUT2D eigenvalue weighted by Gasteiger charge is 2.33. The first-order chi connectivity index (χ1) is 11.1. The number of aliphatic hydroxyl groups is 1. The molecule has 0 aliphatic heterocycles. The molecule has 6 N–H and O–H groups in total. The highest BCUT2D eigenvalue weighted by atomic mass is 16.4. The van der Waals surface area contributed by atoms with Crippen LogP contribution in [0.2, 0.25) is 0 Å². The number of hydrogen-bond acceptors (Lipinski definition) is 5. The molecular weight excluding hydrogens is 314 g/mol. The second kappa shape index (κ2) is 10.2. The van der Waals surface area contributed by atoms with Crippen LogP contribution < -0.4 is 16.4 Å². The Balaban J connectivity index is 5.08. The van der Waals surface area contributed by atoms with Gasteiger partial charge in [0.2, 0.25) is 11.8 Å². The topological polar surface area (TPSA) is 142 Å². The van der Waals surface area contributed by atoms with Gasteiger partial charge in [0.25, 0.3) is 0 Å². The number of nitrogens with one attached hydrogen (secondary N) is 2. The highest BCUT2D eigenvalue weighted by molar-refractivity contribution is 5.92. The number of rotatable bonds is 10. The quantitative estimate of drug-likeness (QED) is 0.372. The Kier molecular flexibility index (Phi) is 9.53. The first-order valence-electron chi connectivity index (χ1n) is 8.33. The molecule has 140 valence electrons. The number of aliphatic hydroxyl groups excluding tert-OH is 1. The number of carbonyl (C=O) groups excluding carboxylic acids is 2. The summed E-state index contributed by atoms with van der Waals surface area (Å²) in [6.07, 6.45) is 0.0568. The van der Waals surface area contributed by atoms with Crippen molar-refractivity contribution in [2.24, 2.45) is 17.6 Å². The van der Waals surface area contributed by atoms with E-state index in [9.17, 15) is 24.6 Å². The van der Waals surface area contributed by atoms with E-state index in [0.29, 0.717) is 12.8 Å². The molecule has 0 heterocycles. The fourth-order valence-corrected chi connectivity index (χ4v) is 2.09. The Labute approximate surface area is 143 Å². The Morgan fingerprint density at radius 2 is 1.38 bits per heavy atom. The molecule has 0 aromatic rings. The summed E-state index contributed by atoms with van der Waals surface area (Å²) in [6, 6.07) is -3.17. The third kappa shape index (κ3) is 6.45. The van der Waals surface area contributed by atoms with Gasteiger partial charge in [-0.25, -0.2) is 4.79 Å². The first-order valence-corrected chi connectivity index (χ1v) is 8.33. The molecule has 0 saturated carbocycles. The van der Waals surface area contributed by atoms with Crippen LogP contribution in [0, 0.1) is 11.8 Å². The maximum absolute atomic E-state index is 12.3. The summed E-state index contributed by atoms with van der Waals surface area (Å²) < 4.78 is 0. The SMILES string of the molecule is CC[C@H](C)[C@H](N)C(=O)N[C@H](C(=O)N[C@H](C(=O)O)[C@@H](C)CC)[C@@H](C)O. The summed E-state index contributed by atoms with van der Waals surface area (Å²) in [6.45, 7) is 8.56. The normalized spacial score (nSPS) is 18.6. The molecule has 2 amide bonds. The summed E-state index contributed by atoms with van der Waals surface area (Å²) >= 11 is 0. The van der Waals surface area contributed by atoms with Gasteiger partial charge < -0.3 is 26.6 Å². The van der Waals surface area contributed by atoms with E-state index in [-0.39, 0.29) is 11.8 Å². The van der Waals surface area contributed by atoms with Gasteiger partial charge in [0.15, 0.2) is 0 Å². The van der Waals surface area contributed by atoms with Gasteiger partial charge in [-0.3, -0.25) is 9.59 Å². The van der Waals surface area contributed by atoms with E-state index in [1.54, 1.807) is 6.92 Å². The van der Waals surface area contributed by atoms with Gasteiger partial charge in [0.1, 0.15) is 12.1 Å². The summed E-state index contributed by atoms with van der Waals surface area (Å²) in [5, 5.41) is 23.8. The predicted molar refractivity (Wildman–Crippen MR) is 90.1 cm³/mol. The molecule has 6 atom stereocenters. The van der Waals surface area contributed by atoms with Crippen LogP contribution in [0.5, 0.6) is 0 Å². The van der Waals surface area contributed by atoms with Crippen molar-refractivity contribution in [1.82, 2.24) is 10.6 Å². The van der Waals surface area contributed by atoms with Gasteiger partial charge >= 0.3 is 5.97 Å². The van der Waals surface area contributed by atoms with Crippen molar-refractivity contribution in [3.05, 3.63) is 0 Å². The van der Waals surface area contributed by atoms with Crippen molar-refractivity contribution < 1.29 is 24.6 Å². The number of amides is 2. The minimum Gasteiger partial charge on any atom is -0.480 e. The summed E-state index contributed by atoms with van der Waals surface area (Å²) in [7, 11) is 0. The number of nitrogens with two attached hydrogens (primary N) is 1. The Morgan fingerprint density at radius 1 is 0.917 bits per heavy atom. The largest absolute Gasteiger partial charge is 0.480 e. The van der Waals surface area contributed by atoms with Gasteiger partial charge in [0, 0.05) is 0 Å². The molecule has 0 fully saturated rings. The maximum Gasteiger partial charge on any atom is 0.326 e. The van der Waals surface area contributed by atoms with E-state index in [0.717, 1.165) is 0 Å². The van der Waals surface area contributed by atoms with Crippen LogP contribution in [-0.4, -0.2) is 52.2 Å². The average Bonchev–Trinajstić information content (AvgIpc) is 2.53. The monoisotopic (exact) mass is 345 g/mol. The van der Waals surface area contributed by atoms with E-state index >= 15 is 0 Å². The molecule has 0 aromatic carbocycles. The lowest BCUT2D eigenvalue weighted by atomic mass is 9.97. The molecule has 24 heavy (non-hydrogen) atoms. The molecule has 0 spiro atoms. The number of carbonyl (C=O) groups is 3. The van der Waals surface area contributed by atoms with E-state index in [4.69, 9.17) is 5.73 Å². The van der Waals surface area contributed by atoms with E-state index in [1.165, 1.54) is 6.92 Å². The number of carboxylic acids is 1. The highest BCUT2D eigenvalue weighted by Crippen LogP contribution is 2.10. The van der Waals surface area contributed by atoms with Gasteiger partial charge in [-0.2, -0.15) is 0 Å². The smallest absolute Gasteiger partial charge is 0.326 e.